The van der Waals surface area contributed by atoms with Crippen molar-refractivity contribution in [1.29, 1.82) is 0 Å². The zero-order chi connectivity index (χ0) is 16.1. The molecule has 0 saturated carbocycles. The lowest BCUT2D eigenvalue weighted by Gasteiger charge is -2.26. The Balaban J connectivity index is 2.13. The molecule has 1 aliphatic rings. The van der Waals surface area contributed by atoms with E-state index in [0.717, 1.165) is 24.1 Å². The zero-order valence-electron chi connectivity index (χ0n) is 13.9. The van der Waals surface area contributed by atoms with Gasteiger partial charge in [-0.25, -0.2) is 0 Å². The van der Waals surface area contributed by atoms with Crippen LogP contribution in [0.3, 0.4) is 0 Å². The third-order valence-corrected chi connectivity index (χ3v) is 4.56. The molecule has 0 spiro atoms. The highest BCUT2D eigenvalue weighted by Gasteiger charge is 2.27. The van der Waals surface area contributed by atoms with Gasteiger partial charge in [0.05, 0.1) is 0 Å². The summed E-state index contributed by atoms with van der Waals surface area (Å²) < 4.78 is 2.14. The number of hydrogen-bond donors (Lipinski definition) is 1. The van der Waals surface area contributed by atoms with Gasteiger partial charge in [0.25, 0.3) is 0 Å². The molecule has 0 bridgehead atoms. The van der Waals surface area contributed by atoms with Crippen LogP contribution in [0.25, 0.3) is 10.9 Å². The van der Waals surface area contributed by atoms with Crippen molar-refractivity contribution in [1.82, 2.24) is 9.88 Å². The Labute approximate surface area is 132 Å². The van der Waals surface area contributed by atoms with E-state index in [1.54, 1.807) is 0 Å². The van der Waals surface area contributed by atoms with Gasteiger partial charge in [0.1, 0.15) is 6.04 Å². The van der Waals surface area contributed by atoms with Gasteiger partial charge in [-0.1, -0.05) is 39.5 Å². The quantitative estimate of drug-likeness (QED) is 0.840. The van der Waals surface area contributed by atoms with Gasteiger partial charge >= 0.3 is 0 Å². The molecule has 22 heavy (non-hydrogen) atoms. The maximum absolute atomic E-state index is 12.3. The summed E-state index contributed by atoms with van der Waals surface area (Å²) in [5, 5.41) is 4.12. The molecule has 1 atom stereocenters. The van der Waals surface area contributed by atoms with E-state index in [2.05, 4.69) is 68.6 Å². The van der Waals surface area contributed by atoms with Gasteiger partial charge in [0.15, 0.2) is 0 Å². The summed E-state index contributed by atoms with van der Waals surface area (Å²) in [5.41, 5.74) is 4.58. The number of hydrogen-bond acceptors (Lipinski definition) is 1. The lowest BCUT2D eigenvalue weighted by molar-refractivity contribution is -0.124. The number of aromatic nitrogens is 1. The fourth-order valence-corrected chi connectivity index (χ4v) is 3.18. The second kappa shape index (κ2) is 5.01. The molecule has 1 fully saturated rings. The van der Waals surface area contributed by atoms with Crippen molar-refractivity contribution in [2.24, 2.45) is 0 Å². The molecule has 3 nitrogen and oxygen atoms in total. The minimum Gasteiger partial charge on any atom is -0.335 e. The lowest BCUT2D eigenvalue weighted by Crippen LogP contribution is -2.36. The largest absolute Gasteiger partial charge is 0.335 e. The normalized spacial score (nSPS) is 19.5. The predicted molar refractivity (Wildman–Crippen MR) is 90.9 cm³/mol. The Morgan fingerprint density at radius 3 is 2.68 bits per heavy atom. The summed E-state index contributed by atoms with van der Waals surface area (Å²) in [6, 6.07) is 6.47. The lowest BCUT2D eigenvalue weighted by atomic mass is 9.86. The van der Waals surface area contributed by atoms with Crippen LogP contribution in [0, 0.1) is 6.92 Å². The van der Waals surface area contributed by atoms with Gasteiger partial charge in [-0.15, -0.1) is 0 Å². The molecule has 1 amide bonds. The van der Waals surface area contributed by atoms with Crippen LogP contribution in [0.2, 0.25) is 0 Å². The molecule has 116 valence electrons. The second-order valence-electron chi connectivity index (χ2n) is 7.35. The van der Waals surface area contributed by atoms with Crippen molar-refractivity contribution in [2.45, 2.75) is 52.0 Å². The fraction of sp³-hybridized carbons (Fsp3) is 0.421. The van der Waals surface area contributed by atoms with Crippen molar-refractivity contribution in [3.8, 4) is 0 Å². The third kappa shape index (κ3) is 2.45. The Morgan fingerprint density at radius 2 is 2.05 bits per heavy atom. The number of fused-ring (bicyclic) bond motifs is 1. The summed E-state index contributed by atoms with van der Waals surface area (Å²) in [7, 11) is 0. The molecule has 1 aromatic heterocycles. The molecule has 2 aromatic rings. The predicted octanol–water partition coefficient (Wildman–Crippen LogP) is 4.21. The van der Waals surface area contributed by atoms with Crippen LogP contribution < -0.4 is 5.32 Å². The smallest absolute Gasteiger partial charge is 0.247 e. The van der Waals surface area contributed by atoms with E-state index in [-0.39, 0.29) is 17.4 Å². The number of amides is 1. The highest BCUT2D eigenvalue weighted by atomic mass is 16.2. The third-order valence-electron chi connectivity index (χ3n) is 4.56. The number of piperidine rings is 1. The van der Waals surface area contributed by atoms with E-state index in [1.165, 1.54) is 16.5 Å². The molecule has 0 radical (unpaired) electrons. The summed E-state index contributed by atoms with van der Waals surface area (Å²) in [5.74, 6) is 0.0503. The highest BCUT2D eigenvalue weighted by Crippen LogP contribution is 2.32. The molecular weight excluding hydrogens is 272 g/mol. The van der Waals surface area contributed by atoms with E-state index in [4.69, 9.17) is 0 Å². The number of benzene rings is 1. The van der Waals surface area contributed by atoms with E-state index in [1.807, 2.05) is 0 Å². The van der Waals surface area contributed by atoms with Crippen molar-refractivity contribution in [3.63, 3.8) is 0 Å². The van der Waals surface area contributed by atoms with Crippen LogP contribution in [0.1, 0.15) is 50.8 Å². The molecule has 1 aliphatic heterocycles. The number of nitrogens with zero attached hydrogens (tertiary/aromatic N) is 1. The van der Waals surface area contributed by atoms with Crippen molar-refractivity contribution >= 4 is 16.8 Å². The molecular formula is C19H24N2O. The minimum absolute atomic E-state index is 0.0503. The van der Waals surface area contributed by atoms with Gasteiger partial charge in [-0.3, -0.25) is 4.79 Å². The first-order valence-electron chi connectivity index (χ1n) is 7.87. The molecule has 1 N–H and O–H groups in total. The molecule has 1 aromatic carbocycles. The van der Waals surface area contributed by atoms with Gasteiger partial charge in [-0.2, -0.15) is 0 Å². The fourth-order valence-electron chi connectivity index (χ4n) is 3.18. The van der Waals surface area contributed by atoms with Gasteiger partial charge in [0.2, 0.25) is 5.91 Å². The Morgan fingerprint density at radius 1 is 1.32 bits per heavy atom. The average molecular weight is 296 g/mol. The number of allylic oxidation sites excluding steroid dienone is 1. The van der Waals surface area contributed by atoms with Crippen molar-refractivity contribution in [2.75, 3.05) is 0 Å². The molecule has 0 aliphatic carbocycles. The van der Waals surface area contributed by atoms with Crippen LogP contribution in [0.5, 0.6) is 0 Å². The maximum atomic E-state index is 12.3. The zero-order valence-corrected chi connectivity index (χ0v) is 13.9. The Kier molecular flexibility index (Phi) is 3.39. The highest BCUT2D eigenvalue weighted by molar-refractivity contribution is 5.89. The molecule has 1 saturated heterocycles. The minimum atomic E-state index is -0.142. The first-order chi connectivity index (χ1) is 10.3. The number of aryl methyl sites for hydroxylation is 1. The number of carbonyl (C=O) groups is 1. The maximum Gasteiger partial charge on any atom is 0.247 e. The number of nitrogens with one attached hydrogen (secondary N) is 1. The topological polar surface area (TPSA) is 34.0 Å². The van der Waals surface area contributed by atoms with Gasteiger partial charge in [0, 0.05) is 22.8 Å². The summed E-state index contributed by atoms with van der Waals surface area (Å²) in [6.45, 7) is 12.6. The Bertz CT molecular complexity index is 762. The molecule has 1 unspecified atom stereocenters. The van der Waals surface area contributed by atoms with Crippen LogP contribution in [-0.2, 0) is 10.2 Å². The molecule has 3 heteroatoms. The van der Waals surface area contributed by atoms with E-state index in [9.17, 15) is 4.79 Å². The van der Waals surface area contributed by atoms with Crippen molar-refractivity contribution in [3.05, 3.63) is 47.8 Å². The van der Waals surface area contributed by atoms with Crippen LogP contribution >= 0.6 is 0 Å². The van der Waals surface area contributed by atoms with E-state index >= 15 is 0 Å². The summed E-state index contributed by atoms with van der Waals surface area (Å²) >= 11 is 0. The van der Waals surface area contributed by atoms with Crippen LogP contribution in [0.4, 0.5) is 0 Å². The number of carbonyl (C=O) groups excluding carboxylic acids is 1. The monoisotopic (exact) mass is 296 g/mol. The average Bonchev–Trinajstić information content (AvgIpc) is 2.75. The molecule has 2 heterocycles. The SMILES string of the molecule is C=C1CCC(n2cc(C)c3ccc(C(C)(C)C)cc32)C(=O)N1. The first-order valence-corrected chi connectivity index (χ1v) is 7.87. The second-order valence-corrected chi connectivity index (χ2v) is 7.35. The Hall–Kier alpha value is -2.03. The van der Waals surface area contributed by atoms with Crippen LogP contribution in [0.15, 0.2) is 36.7 Å². The standard InChI is InChI=1S/C19H24N2O/c1-12-11-21(16-9-6-13(2)20-18(16)22)17-10-14(19(3,4)5)7-8-15(12)17/h7-8,10-11,16H,2,6,9H2,1,3-5H3,(H,20,22). The first kappa shape index (κ1) is 14.9. The van der Waals surface area contributed by atoms with Gasteiger partial charge < -0.3 is 9.88 Å². The van der Waals surface area contributed by atoms with E-state index < -0.39 is 0 Å². The number of rotatable bonds is 1. The van der Waals surface area contributed by atoms with Crippen LogP contribution in [-0.4, -0.2) is 10.5 Å². The van der Waals surface area contributed by atoms with Gasteiger partial charge in [-0.05, 0) is 42.4 Å². The molecule has 3 rings (SSSR count). The summed E-state index contributed by atoms with van der Waals surface area (Å²) in [4.78, 5) is 12.3. The summed E-state index contributed by atoms with van der Waals surface area (Å²) in [6.07, 6.45) is 3.76. The van der Waals surface area contributed by atoms with Crippen molar-refractivity contribution < 1.29 is 4.79 Å². The van der Waals surface area contributed by atoms with E-state index in [0.29, 0.717) is 0 Å².